The molecule has 0 radical (unpaired) electrons. The molecule has 4 nitrogen and oxygen atoms in total. The highest BCUT2D eigenvalue weighted by atomic mass is 32.1. The van der Waals surface area contributed by atoms with Crippen molar-refractivity contribution in [3.63, 3.8) is 0 Å². The highest BCUT2D eigenvalue weighted by Crippen LogP contribution is 2.23. The molecule has 0 saturated carbocycles. The average molecular weight is 332 g/mol. The van der Waals surface area contributed by atoms with E-state index in [1.54, 1.807) is 28.6 Å². The van der Waals surface area contributed by atoms with Crippen LogP contribution in [0, 0.1) is 11.7 Å². The number of nitrogens with zero attached hydrogens (tertiary/aromatic N) is 2. The van der Waals surface area contributed by atoms with Crippen molar-refractivity contribution in [3.8, 4) is 0 Å². The summed E-state index contributed by atoms with van der Waals surface area (Å²) in [5.41, 5.74) is 0.677. The molecule has 0 atom stereocenters. The molecule has 1 saturated heterocycles. The van der Waals surface area contributed by atoms with Crippen molar-refractivity contribution < 1.29 is 14.0 Å². The molecular formula is C17H17FN2O2S. The van der Waals surface area contributed by atoms with Gasteiger partial charge in [-0.15, -0.1) is 11.3 Å². The van der Waals surface area contributed by atoms with Gasteiger partial charge in [0.1, 0.15) is 5.82 Å². The summed E-state index contributed by atoms with van der Waals surface area (Å²) >= 11 is 1.36. The number of carbonyl (C=O) groups excluding carboxylic acids is 2. The van der Waals surface area contributed by atoms with Crippen LogP contribution in [0.5, 0.6) is 0 Å². The maximum Gasteiger partial charge on any atom is 0.226 e. The van der Waals surface area contributed by atoms with E-state index in [0.29, 0.717) is 36.5 Å². The van der Waals surface area contributed by atoms with Crippen LogP contribution in [-0.4, -0.2) is 34.7 Å². The number of thiazole rings is 1. The van der Waals surface area contributed by atoms with Gasteiger partial charge in [-0.2, -0.15) is 0 Å². The molecule has 0 N–H and O–H groups in total. The van der Waals surface area contributed by atoms with Gasteiger partial charge in [0.2, 0.25) is 5.91 Å². The standard InChI is InChI=1S/C17H17FN2O2S/c18-14-3-1-2-12(10-14)11-15(21)20-7-4-13(5-8-20)16(22)17-19-6-9-23-17/h1-3,6,9-10,13H,4-5,7-8,11H2. The first-order chi connectivity index (χ1) is 11.1. The van der Waals surface area contributed by atoms with E-state index in [-0.39, 0.29) is 29.8 Å². The van der Waals surface area contributed by atoms with Crippen LogP contribution in [0.4, 0.5) is 4.39 Å². The lowest BCUT2D eigenvalue weighted by Gasteiger charge is -2.31. The molecular weight excluding hydrogens is 315 g/mol. The molecule has 120 valence electrons. The Labute approximate surface area is 138 Å². The monoisotopic (exact) mass is 332 g/mol. The number of amides is 1. The predicted octanol–water partition coefficient (Wildman–Crippen LogP) is 2.95. The Morgan fingerprint density at radius 3 is 2.74 bits per heavy atom. The highest BCUT2D eigenvalue weighted by molar-refractivity contribution is 7.11. The second-order valence-corrected chi connectivity index (χ2v) is 6.56. The lowest BCUT2D eigenvalue weighted by Crippen LogP contribution is -2.41. The largest absolute Gasteiger partial charge is 0.342 e. The SMILES string of the molecule is O=C(c1nccs1)C1CCN(C(=O)Cc2cccc(F)c2)CC1. The third kappa shape index (κ3) is 3.82. The number of benzene rings is 1. The molecule has 0 unspecified atom stereocenters. The Bertz CT molecular complexity index is 694. The van der Waals surface area contributed by atoms with Gasteiger partial charge in [-0.05, 0) is 30.5 Å². The lowest BCUT2D eigenvalue weighted by atomic mass is 9.92. The third-order valence-corrected chi connectivity index (χ3v) is 4.89. The van der Waals surface area contributed by atoms with Crippen molar-refractivity contribution in [1.82, 2.24) is 9.88 Å². The fourth-order valence-corrected chi connectivity index (χ4v) is 3.50. The van der Waals surface area contributed by atoms with Gasteiger partial charge in [0.05, 0.1) is 6.42 Å². The van der Waals surface area contributed by atoms with Gasteiger partial charge in [-0.25, -0.2) is 9.37 Å². The summed E-state index contributed by atoms with van der Waals surface area (Å²) in [6.45, 7) is 1.13. The minimum atomic E-state index is -0.331. The van der Waals surface area contributed by atoms with E-state index in [1.165, 1.54) is 23.5 Å². The Kier molecular flexibility index (Phi) is 4.81. The molecule has 3 rings (SSSR count). The molecule has 1 aromatic carbocycles. The number of halogens is 1. The number of hydrogen-bond donors (Lipinski definition) is 0. The van der Waals surface area contributed by atoms with E-state index >= 15 is 0 Å². The van der Waals surface area contributed by atoms with Crippen LogP contribution in [0.15, 0.2) is 35.8 Å². The van der Waals surface area contributed by atoms with Crippen molar-refractivity contribution >= 4 is 23.0 Å². The van der Waals surface area contributed by atoms with Crippen molar-refractivity contribution in [3.05, 3.63) is 52.2 Å². The molecule has 23 heavy (non-hydrogen) atoms. The van der Waals surface area contributed by atoms with E-state index in [4.69, 9.17) is 0 Å². The van der Waals surface area contributed by atoms with Crippen LogP contribution in [0.25, 0.3) is 0 Å². The molecule has 1 aromatic heterocycles. The van der Waals surface area contributed by atoms with Crippen molar-refractivity contribution in [2.75, 3.05) is 13.1 Å². The van der Waals surface area contributed by atoms with Gasteiger partial charge in [0, 0.05) is 30.6 Å². The van der Waals surface area contributed by atoms with Crippen LogP contribution >= 0.6 is 11.3 Å². The summed E-state index contributed by atoms with van der Waals surface area (Å²) in [4.78, 5) is 30.4. The Morgan fingerprint density at radius 2 is 2.09 bits per heavy atom. The Balaban J connectivity index is 1.54. The van der Waals surface area contributed by atoms with Crippen molar-refractivity contribution in [1.29, 1.82) is 0 Å². The highest BCUT2D eigenvalue weighted by Gasteiger charge is 2.28. The van der Waals surface area contributed by atoms with Gasteiger partial charge >= 0.3 is 0 Å². The molecule has 0 bridgehead atoms. The molecule has 2 aromatic rings. The number of piperidine rings is 1. The average Bonchev–Trinajstić information content (AvgIpc) is 3.09. The fourth-order valence-electron chi connectivity index (χ4n) is 2.84. The summed E-state index contributed by atoms with van der Waals surface area (Å²) in [6.07, 6.45) is 3.15. The van der Waals surface area contributed by atoms with Crippen LogP contribution < -0.4 is 0 Å². The van der Waals surface area contributed by atoms with E-state index in [1.807, 2.05) is 0 Å². The number of aromatic nitrogens is 1. The first kappa shape index (κ1) is 15.8. The molecule has 0 spiro atoms. The normalized spacial score (nSPS) is 15.6. The van der Waals surface area contributed by atoms with Gasteiger partial charge in [-0.1, -0.05) is 12.1 Å². The summed E-state index contributed by atoms with van der Waals surface area (Å²) in [7, 11) is 0. The molecule has 0 aliphatic carbocycles. The lowest BCUT2D eigenvalue weighted by molar-refractivity contribution is -0.131. The van der Waals surface area contributed by atoms with Gasteiger partial charge in [-0.3, -0.25) is 9.59 Å². The third-order valence-electron chi connectivity index (χ3n) is 4.11. The van der Waals surface area contributed by atoms with Gasteiger partial charge in [0.15, 0.2) is 10.8 Å². The van der Waals surface area contributed by atoms with Crippen LogP contribution in [0.2, 0.25) is 0 Å². The van der Waals surface area contributed by atoms with Crippen LogP contribution in [0.1, 0.15) is 28.2 Å². The molecule has 1 fully saturated rings. The first-order valence-electron chi connectivity index (χ1n) is 7.59. The maximum atomic E-state index is 13.2. The smallest absolute Gasteiger partial charge is 0.226 e. The van der Waals surface area contributed by atoms with Crippen molar-refractivity contribution in [2.24, 2.45) is 5.92 Å². The minimum Gasteiger partial charge on any atom is -0.342 e. The van der Waals surface area contributed by atoms with E-state index in [9.17, 15) is 14.0 Å². The summed E-state index contributed by atoms with van der Waals surface area (Å²) < 4.78 is 13.2. The molecule has 2 heterocycles. The minimum absolute atomic E-state index is 0.0178. The summed E-state index contributed by atoms with van der Waals surface area (Å²) in [5.74, 6) is -0.324. The number of hydrogen-bond acceptors (Lipinski definition) is 4. The number of Topliss-reactive ketones (excluding diaryl/α,β-unsaturated/α-hetero) is 1. The first-order valence-corrected chi connectivity index (χ1v) is 8.47. The zero-order valence-corrected chi connectivity index (χ0v) is 13.4. The Hall–Kier alpha value is -2.08. The van der Waals surface area contributed by atoms with Gasteiger partial charge in [0.25, 0.3) is 0 Å². The number of rotatable bonds is 4. The van der Waals surface area contributed by atoms with Crippen LogP contribution in [0.3, 0.4) is 0 Å². The number of ketones is 1. The number of likely N-dealkylation sites (tertiary alicyclic amines) is 1. The predicted molar refractivity (Wildman–Crippen MR) is 85.9 cm³/mol. The van der Waals surface area contributed by atoms with Crippen molar-refractivity contribution in [2.45, 2.75) is 19.3 Å². The summed E-state index contributed by atoms with van der Waals surface area (Å²) in [5, 5.41) is 2.35. The molecule has 1 aliphatic heterocycles. The quantitative estimate of drug-likeness (QED) is 0.809. The molecule has 6 heteroatoms. The van der Waals surface area contributed by atoms with Crippen LogP contribution in [-0.2, 0) is 11.2 Å². The second kappa shape index (κ2) is 7.00. The molecule has 1 amide bonds. The zero-order valence-electron chi connectivity index (χ0n) is 12.6. The Morgan fingerprint density at radius 1 is 1.30 bits per heavy atom. The topological polar surface area (TPSA) is 50.3 Å². The second-order valence-electron chi connectivity index (χ2n) is 5.66. The molecule has 1 aliphatic rings. The van der Waals surface area contributed by atoms with E-state index in [0.717, 1.165) is 0 Å². The zero-order chi connectivity index (χ0) is 16.2. The summed E-state index contributed by atoms with van der Waals surface area (Å²) in [6, 6.07) is 6.11. The van der Waals surface area contributed by atoms with Gasteiger partial charge < -0.3 is 4.90 Å². The fraction of sp³-hybridized carbons (Fsp3) is 0.353. The number of carbonyl (C=O) groups is 2. The van der Waals surface area contributed by atoms with E-state index < -0.39 is 0 Å². The maximum absolute atomic E-state index is 13.2. The van der Waals surface area contributed by atoms with E-state index in [2.05, 4.69) is 4.98 Å².